The van der Waals surface area contributed by atoms with Gasteiger partial charge in [0.05, 0.1) is 0 Å². The molecule has 12 heavy (non-hydrogen) atoms. The maximum atomic E-state index is 11.1. The molecule has 1 atom stereocenters. The van der Waals surface area contributed by atoms with E-state index in [9.17, 15) is 9.90 Å². The molecule has 4 heteroatoms. The first-order valence-corrected chi connectivity index (χ1v) is 3.64. The second-order valence-corrected chi connectivity index (χ2v) is 2.75. The van der Waals surface area contributed by atoms with E-state index in [1.54, 1.807) is 13.0 Å². The molecular weight excluding hydrogens is 160 g/mol. The van der Waals surface area contributed by atoms with Crippen LogP contribution >= 0.6 is 0 Å². The summed E-state index contributed by atoms with van der Waals surface area (Å²) in [6, 6.07) is 1.60. The Morgan fingerprint density at radius 1 is 1.67 bits per heavy atom. The van der Waals surface area contributed by atoms with Crippen LogP contribution in [0.25, 0.3) is 0 Å². The van der Waals surface area contributed by atoms with Crippen LogP contribution < -0.4 is 10.4 Å². The highest BCUT2D eigenvalue weighted by molar-refractivity contribution is 5.36. The van der Waals surface area contributed by atoms with E-state index < -0.39 is 11.7 Å². The molecule has 0 saturated carbocycles. The lowest BCUT2D eigenvalue weighted by atomic mass is 10.2. The molecule has 1 N–H and O–H groups in total. The van der Waals surface area contributed by atoms with Gasteiger partial charge in [-0.15, -0.1) is 0 Å². The molecule has 1 aromatic rings. The highest BCUT2D eigenvalue weighted by atomic mass is 16.5. The van der Waals surface area contributed by atoms with E-state index in [4.69, 9.17) is 9.15 Å². The van der Waals surface area contributed by atoms with Crippen molar-refractivity contribution in [2.75, 3.05) is 6.61 Å². The average molecular weight is 168 g/mol. The Kier molecular flexibility index (Phi) is 1.44. The van der Waals surface area contributed by atoms with Crippen LogP contribution in [0.5, 0.6) is 5.75 Å². The molecule has 0 aliphatic carbocycles. The first kappa shape index (κ1) is 7.36. The Balaban J connectivity index is 2.69. The molecule has 0 saturated heterocycles. The molecule has 0 spiro atoms. The highest BCUT2D eigenvalue weighted by Gasteiger charge is 2.26. The highest BCUT2D eigenvalue weighted by Crippen LogP contribution is 2.29. The number of hydrogen-bond donors (Lipinski definition) is 1. The first-order valence-electron chi connectivity index (χ1n) is 3.64. The van der Waals surface area contributed by atoms with Crippen LogP contribution in [0.3, 0.4) is 0 Å². The molecule has 0 bridgehead atoms. The normalized spacial score (nSPS) is 20.3. The topological polar surface area (TPSA) is 59.7 Å². The summed E-state index contributed by atoms with van der Waals surface area (Å²) < 4.78 is 9.86. The summed E-state index contributed by atoms with van der Waals surface area (Å²) in [6.45, 7) is 1.80. The van der Waals surface area contributed by atoms with Crippen molar-refractivity contribution in [3.05, 3.63) is 27.8 Å². The van der Waals surface area contributed by atoms with Crippen LogP contribution in [-0.4, -0.2) is 11.7 Å². The fourth-order valence-electron chi connectivity index (χ4n) is 1.27. The minimum atomic E-state index is -0.836. The first-order chi connectivity index (χ1) is 5.68. The summed E-state index contributed by atoms with van der Waals surface area (Å²) in [5.74, 6) is 0.934. The minimum Gasteiger partial charge on any atom is -0.490 e. The van der Waals surface area contributed by atoms with Gasteiger partial charge in [0.1, 0.15) is 29.8 Å². The fraction of sp³-hybridized carbons (Fsp3) is 0.375. The maximum absolute atomic E-state index is 11.1. The number of hydrogen-bond acceptors (Lipinski definition) is 4. The molecular formula is C8H8O4. The van der Waals surface area contributed by atoms with Gasteiger partial charge in [-0.05, 0) is 6.92 Å². The third-order valence-electron chi connectivity index (χ3n) is 1.80. The van der Waals surface area contributed by atoms with Crippen molar-refractivity contribution in [2.24, 2.45) is 0 Å². The summed E-state index contributed by atoms with van der Waals surface area (Å²) in [7, 11) is 0. The monoisotopic (exact) mass is 168 g/mol. The van der Waals surface area contributed by atoms with Crippen LogP contribution in [-0.2, 0) is 0 Å². The van der Waals surface area contributed by atoms with Gasteiger partial charge >= 0.3 is 5.63 Å². The van der Waals surface area contributed by atoms with Crippen molar-refractivity contribution in [1.29, 1.82) is 0 Å². The average Bonchev–Trinajstić information content (AvgIpc) is 2.31. The van der Waals surface area contributed by atoms with Crippen LogP contribution in [0.1, 0.15) is 17.4 Å². The van der Waals surface area contributed by atoms with E-state index in [2.05, 4.69) is 0 Å². The maximum Gasteiger partial charge on any atom is 0.345 e. The zero-order valence-corrected chi connectivity index (χ0v) is 6.53. The predicted molar refractivity (Wildman–Crippen MR) is 40.2 cm³/mol. The number of fused-ring (bicyclic) bond motifs is 1. The molecule has 0 amide bonds. The van der Waals surface area contributed by atoms with Crippen molar-refractivity contribution in [3.8, 4) is 5.75 Å². The van der Waals surface area contributed by atoms with Gasteiger partial charge in [-0.3, -0.25) is 0 Å². The summed E-state index contributed by atoms with van der Waals surface area (Å²) in [6.07, 6.45) is -0.836. The van der Waals surface area contributed by atoms with Gasteiger partial charge in [0.25, 0.3) is 0 Å². The second-order valence-electron chi connectivity index (χ2n) is 2.75. The number of aliphatic hydroxyl groups excluding tert-OH is 1. The number of aryl methyl sites for hydroxylation is 1. The quantitative estimate of drug-likeness (QED) is 0.608. The van der Waals surface area contributed by atoms with E-state index in [1.807, 2.05) is 0 Å². The molecule has 0 radical (unpaired) electrons. The Hall–Kier alpha value is -1.29. The zero-order valence-electron chi connectivity index (χ0n) is 6.53. The standard InChI is InChI=1S/C8H8O4/c1-4-2-6-7(8(10)12-4)5(9)3-11-6/h2,5,9H,3H2,1H3/t5-/m0/s1. The van der Waals surface area contributed by atoms with E-state index >= 15 is 0 Å². The molecule has 64 valence electrons. The minimum absolute atomic E-state index is 0.142. The van der Waals surface area contributed by atoms with Crippen molar-refractivity contribution >= 4 is 0 Å². The molecule has 1 aliphatic heterocycles. The molecule has 1 aromatic heterocycles. The van der Waals surface area contributed by atoms with Crippen LogP contribution in [0.4, 0.5) is 0 Å². The molecule has 0 unspecified atom stereocenters. The lowest BCUT2D eigenvalue weighted by Gasteiger charge is -1.97. The van der Waals surface area contributed by atoms with Gasteiger partial charge in [-0.2, -0.15) is 0 Å². The van der Waals surface area contributed by atoms with Gasteiger partial charge in [-0.1, -0.05) is 0 Å². The van der Waals surface area contributed by atoms with Crippen LogP contribution in [0, 0.1) is 6.92 Å². The smallest absolute Gasteiger partial charge is 0.345 e. The van der Waals surface area contributed by atoms with E-state index in [0.29, 0.717) is 11.5 Å². The van der Waals surface area contributed by atoms with Crippen molar-refractivity contribution in [2.45, 2.75) is 13.0 Å². The third kappa shape index (κ3) is 0.921. The third-order valence-corrected chi connectivity index (χ3v) is 1.80. The molecule has 0 fully saturated rings. The lowest BCUT2D eigenvalue weighted by Crippen LogP contribution is -2.09. The van der Waals surface area contributed by atoms with Gasteiger partial charge in [0.15, 0.2) is 0 Å². The van der Waals surface area contributed by atoms with E-state index in [-0.39, 0.29) is 12.2 Å². The number of aliphatic hydroxyl groups is 1. The SMILES string of the molecule is Cc1cc2c(c(=O)o1)[C@@H](O)CO2. The lowest BCUT2D eigenvalue weighted by molar-refractivity contribution is 0.139. The van der Waals surface area contributed by atoms with Crippen molar-refractivity contribution < 1.29 is 14.3 Å². The Labute approximate surface area is 68.4 Å². The molecule has 2 heterocycles. The van der Waals surface area contributed by atoms with E-state index in [1.165, 1.54) is 0 Å². The van der Waals surface area contributed by atoms with Gasteiger partial charge in [0.2, 0.25) is 0 Å². The summed E-state index contributed by atoms with van der Waals surface area (Å²) in [4.78, 5) is 11.1. The summed E-state index contributed by atoms with van der Waals surface area (Å²) >= 11 is 0. The Bertz CT molecular complexity index is 366. The second kappa shape index (κ2) is 2.35. The predicted octanol–water partition coefficient (Wildman–Crippen LogP) is 0.374. The summed E-state index contributed by atoms with van der Waals surface area (Å²) in [5.41, 5.74) is -0.268. The number of ether oxygens (including phenoxy) is 1. The zero-order chi connectivity index (χ0) is 8.72. The van der Waals surface area contributed by atoms with Gasteiger partial charge in [0, 0.05) is 6.07 Å². The van der Waals surface area contributed by atoms with Gasteiger partial charge in [-0.25, -0.2) is 4.79 Å². The van der Waals surface area contributed by atoms with Crippen molar-refractivity contribution in [3.63, 3.8) is 0 Å². The molecule has 2 rings (SSSR count). The Morgan fingerprint density at radius 3 is 3.17 bits per heavy atom. The Morgan fingerprint density at radius 2 is 2.42 bits per heavy atom. The van der Waals surface area contributed by atoms with Crippen LogP contribution in [0.2, 0.25) is 0 Å². The number of rotatable bonds is 0. The van der Waals surface area contributed by atoms with Crippen molar-refractivity contribution in [1.82, 2.24) is 0 Å². The summed E-state index contributed by atoms with van der Waals surface area (Å²) in [5, 5.41) is 9.27. The molecule has 1 aliphatic rings. The van der Waals surface area contributed by atoms with Gasteiger partial charge < -0.3 is 14.3 Å². The fourth-order valence-corrected chi connectivity index (χ4v) is 1.27. The molecule has 0 aromatic carbocycles. The van der Waals surface area contributed by atoms with E-state index in [0.717, 1.165) is 0 Å². The van der Waals surface area contributed by atoms with Crippen LogP contribution in [0.15, 0.2) is 15.3 Å². The molecule has 4 nitrogen and oxygen atoms in total. The largest absolute Gasteiger partial charge is 0.490 e.